The third kappa shape index (κ3) is 3.60. The summed E-state index contributed by atoms with van der Waals surface area (Å²) in [5.41, 5.74) is 2.06. The van der Waals surface area contributed by atoms with Gasteiger partial charge in [0.05, 0.1) is 12.7 Å². The number of likely N-dealkylation sites (N-methyl/N-ethyl adjacent to an activating group) is 1. The highest BCUT2D eigenvalue weighted by Crippen LogP contribution is 2.47. The van der Waals surface area contributed by atoms with E-state index in [4.69, 9.17) is 18.9 Å². The molecule has 0 aliphatic carbocycles. The molecule has 0 radical (unpaired) electrons. The van der Waals surface area contributed by atoms with Gasteiger partial charge in [0, 0.05) is 29.4 Å². The van der Waals surface area contributed by atoms with Crippen molar-refractivity contribution in [2.75, 3.05) is 34.1 Å². The summed E-state index contributed by atoms with van der Waals surface area (Å²) in [5.74, 6) is -1.32. The average molecular weight is 388 g/mol. The summed E-state index contributed by atoms with van der Waals surface area (Å²) in [7, 11) is 3.09. The number of hydrogen-bond donors (Lipinski definition) is 1. The quantitative estimate of drug-likeness (QED) is 0.586. The van der Waals surface area contributed by atoms with Crippen molar-refractivity contribution in [3.05, 3.63) is 35.0 Å². The second kappa shape index (κ2) is 8.43. The molecule has 0 saturated heterocycles. The number of benzene rings is 1. The summed E-state index contributed by atoms with van der Waals surface area (Å²) in [6.07, 6.45) is 0. The molecule has 0 bridgehead atoms. The summed E-state index contributed by atoms with van der Waals surface area (Å²) >= 11 is 0. The predicted molar refractivity (Wildman–Crippen MR) is 102 cm³/mol. The van der Waals surface area contributed by atoms with Crippen molar-refractivity contribution < 1.29 is 28.5 Å². The lowest BCUT2D eigenvalue weighted by Crippen LogP contribution is -2.36. The molecule has 1 aromatic rings. The topological polar surface area (TPSA) is 95.5 Å². The highest BCUT2D eigenvalue weighted by Gasteiger charge is 2.44. The molecule has 0 saturated carbocycles. The number of hydrogen-bond acceptors (Lipinski definition) is 8. The molecule has 1 aromatic carbocycles. The fourth-order valence-corrected chi connectivity index (χ4v) is 3.59. The van der Waals surface area contributed by atoms with E-state index in [0.717, 1.165) is 0 Å². The van der Waals surface area contributed by atoms with Crippen LogP contribution in [0.5, 0.6) is 11.5 Å². The maximum atomic E-state index is 12.9. The smallest absolute Gasteiger partial charge is 0.336 e. The summed E-state index contributed by atoms with van der Waals surface area (Å²) < 4.78 is 21.5. The van der Waals surface area contributed by atoms with E-state index >= 15 is 0 Å². The molecular formula is C20H24N2O6. The zero-order chi connectivity index (χ0) is 20.3. The average Bonchev–Trinajstić information content (AvgIpc) is 3.15. The minimum atomic E-state index is -0.767. The predicted octanol–water partition coefficient (Wildman–Crippen LogP) is 1.80. The van der Waals surface area contributed by atoms with Crippen LogP contribution >= 0.6 is 0 Å². The maximum absolute atomic E-state index is 12.9. The van der Waals surface area contributed by atoms with Gasteiger partial charge in [0.25, 0.3) is 0 Å². The monoisotopic (exact) mass is 388 g/mol. The van der Waals surface area contributed by atoms with Crippen LogP contribution < -0.4 is 14.8 Å². The molecule has 2 atom stereocenters. The van der Waals surface area contributed by atoms with Gasteiger partial charge in [-0.25, -0.2) is 4.79 Å². The van der Waals surface area contributed by atoms with Crippen LogP contribution in [0.2, 0.25) is 0 Å². The molecule has 0 aromatic heterocycles. The largest absolute Gasteiger partial charge is 0.468 e. The summed E-state index contributed by atoms with van der Waals surface area (Å²) in [4.78, 5) is 30.0. The molecule has 8 heteroatoms. The summed E-state index contributed by atoms with van der Waals surface area (Å²) in [5, 5.41) is 2.93. The number of fused-ring (bicyclic) bond motifs is 1. The molecule has 3 rings (SSSR count). The van der Waals surface area contributed by atoms with E-state index in [1.54, 1.807) is 33.0 Å². The van der Waals surface area contributed by atoms with Gasteiger partial charge in [-0.1, -0.05) is 12.1 Å². The van der Waals surface area contributed by atoms with E-state index in [-0.39, 0.29) is 13.4 Å². The Kier molecular flexibility index (Phi) is 5.99. The van der Waals surface area contributed by atoms with Crippen LogP contribution in [0.25, 0.3) is 0 Å². The van der Waals surface area contributed by atoms with E-state index in [9.17, 15) is 9.59 Å². The SMILES string of the molecule is CNCCOC(=O)C1=C(C)N=C(C)C(C(=O)OC)C1c1cccc2c1OCO2. The molecular weight excluding hydrogens is 364 g/mol. The molecule has 2 heterocycles. The Hall–Kier alpha value is -2.87. The van der Waals surface area contributed by atoms with Crippen LogP contribution in [0.4, 0.5) is 0 Å². The van der Waals surface area contributed by atoms with Crippen LogP contribution in [0, 0.1) is 5.92 Å². The maximum Gasteiger partial charge on any atom is 0.336 e. The third-order valence-electron chi connectivity index (χ3n) is 4.85. The van der Waals surface area contributed by atoms with Gasteiger partial charge in [-0.2, -0.15) is 0 Å². The van der Waals surface area contributed by atoms with Crippen molar-refractivity contribution in [3.8, 4) is 11.5 Å². The number of nitrogens with one attached hydrogen (secondary N) is 1. The van der Waals surface area contributed by atoms with Crippen LogP contribution in [0.1, 0.15) is 25.3 Å². The minimum absolute atomic E-state index is 0.0830. The number of allylic oxidation sites excluding steroid dienone is 1. The number of nitrogens with zero attached hydrogens (tertiary/aromatic N) is 1. The second-order valence-electron chi connectivity index (χ2n) is 6.55. The number of carbonyl (C=O) groups excluding carboxylic acids is 2. The molecule has 2 unspecified atom stereocenters. The van der Waals surface area contributed by atoms with Gasteiger partial charge in [-0.3, -0.25) is 9.79 Å². The number of rotatable bonds is 6. The lowest BCUT2D eigenvalue weighted by atomic mass is 9.75. The van der Waals surface area contributed by atoms with Gasteiger partial charge in [0.2, 0.25) is 6.79 Å². The number of methoxy groups -OCH3 is 1. The third-order valence-corrected chi connectivity index (χ3v) is 4.85. The van der Waals surface area contributed by atoms with Crippen LogP contribution in [0.3, 0.4) is 0 Å². The highest BCUT2D eigenvalue weighted by molar-refractivity contribution is 6.07. The minimum Gasteiger partial charge on any atom is -0.468 e. The van der Waals surface area contributed by atoms with Gasteiger partial charge in [-0.05, 0) is 27.0 Å². The number of para-hydroxylation sites is 1. The van der Waals surface area contributed by atoms with Gasteiger partial charge in [-0.15, -0.1) is 0 Å². The first-order valence-corrected chi connectivity index (χ1v) is 9.03. The zero-order valence-electron chi connectivity index (χ0n) is 16.4. The molecule has 0 spiro atoms. The number of ether oxygens (including phenoxy) is 4. The van der Waals surface area contributed by atoms with Crippen molar-refractivity contribution >= 4 is 17.7 Å². The number of aliphatic imine (C=N–C) groups is 1. The van der Waals surface area contributed by atoms with Gasteiger partial charge < -0.3 is 24.3 Å². The summed E-state index contributed by atoms with van der Waals surface area (Å²) in [6, 6.07) is 5.41. The first-order valence-electron chi connectivity index (χ1n) is 9.03. The number of esters is 2. The van der Waals surface area contributed by atoms with E-state index in [0.29, 0.717) is 40.6 Å². The van der Waals surface area contributed by atoms with E-state index in [1.165, 1.54) is 7.11 Å². The molecule has 0 amide bonds. The normalized spacial score (nSPS) is 20.6. The lowest BCUT2D eigenvalue weighted by Gasteiger charge is -2.31. The molecule has 150 valence electrons. The Labute approximate surface area is 163 Å². The molecule has 0 fully saturated rings. The Morgan fingerprint density at radius 2 is 2.07 bits per heavy atom. The zero-order valence-corrected chi connectivity index (χ0v) is 16.4. The first kappa shape index (κ1) is 19.9. The van der Waals surface area contributed by atoms with E-state index in [1.807, 2.05) is 6.07 Å². The van der Waals surface area contributed by atoms with Gasteiger partial charge >= 0.3 is 11.9 Å². The molecule has 1 N–H and O–H groups in total. The van der Waals surface area contributed by atoms with Gasteiger partial charge in [0.1, 0.15) is 12.5 Å². The van der Waals surface area contributed by atoms with Crippen molar-refractivity contribution in [1.82, 2.24) is 5.32 Å². The fourth-order valence-electron chi connectivity index (χ4n) is 3.59. The molecule has 8 nitrogen and oxygen atoms in total. The van der Waals surface area contributed by atoms with E-state index in [2.05, 4.69) is 10.3 Å². The summed E-state index contributed by atoms with van der Waals surface area (Å²) in [6.45, 7) is 4.29. The second-order valence-corrected chi connectivity index (χ2v) is 6.55. The molecule has 2 aliphatic heterocycles. The highest BCUT2D eigenvalue weighted by atomic mass is 16.7. The van der Waals surface area contributed by atoms with Gasteiger partial charge in [0.15, 0.2) is 11.5 Å². The Bertz CT molecular complexity index is 845. The number of carbonyl (C=O) groups is 2. The Morgan fingerprint density at radius 3 is 2.79 bits per heavy atom. The van der Waals surface area contributed by atoms with Crippen molar-refractivity contribution in [1.29, 1.82) is 0 Å². The molecule has 2 aliphatic rings. The fraction of sp³-hybridized carbons (Fsp3) is 0.450. The van der Waals surface area contributed by atoms with Crippen LogP contribution in [-0.4, -0.2) is 51.8 Å². The molecule has 28 heavy (non-hydrogen) atoms. The van der Waals surface area contributed by atoms with Crippen molar-refractivity contribution in [2.24, 2.45) is 10.9 Å². The van der Waals surface area contributed by atoms with Crippen molar-refractivity contribution in [2.45, 2.75) is 19.8 Å². The van der Waals surface area contributed by atoms with E-state index < -0.39 is 23.8 Å². The lowest BCUT2D eigenvalue weighted by molar-refractivity contribution is -0.144. The Balaban J connectivity index is 2.11. The van der Waals surface area contributed by atoms with Crippen LogP contribution in [0.15, 0.2) is 34.5 Å². The van der Waals surface area contributed by atoms with Crippen molar-refractivity contribution in [3.63, 3.8) is 0 Å². The Morgan fingerprint density at radius 1 is 1.29 bits per heavy atom. The first-order chi connectivity index (χ1) is 13.5. The standard InChI is InChI=1S/C20H24N2O6/c1-11-15(19(23)25-4)17(13-6-5-7-14-18(13)28-10-27-14)16(12(2)22-11)20(24)26-9-8-21-3/h5-7,15,17,21H,8-10H2,1-4H3. The van der Waals surface area contributed by atoms with Crippen LogP contribution in [-0.2, 0) is 19.1 Å².